The molecule has 20 heavy (non-hydrogen) atoms. The molecule has 3 heteroatoms. The van der Waals surface area contributed by atoms with Gasteiger partial charge in [-0.1, -0.05) is 20.3 Å². The Hall–Kier alpha value is -0.570. The molecule has 0 spiro atoms. The van der Waals surface area contributed by atoms with Crippen LogP contribution in [0.15, 0.2) is 0 Å². The van der Waals surface area contributed by atoms with Gasteiger partial charge in [0, 0.05) is 18.5 Å². The number of nitrogens with one attached hydrogen (secondary N) is 1. The number of nitrogens with zero attached hydrogens (tertiary/aromatic N) is 1. The Balaban J connectivity index is 2.02. The average molecular weight is 280 g/mol. The number of carbonyl (C=O) groups excluding carboxylic acids is 1. The average Bonchev–Trinajstić information content (AvgIpc) is 2.76. The van der Waals surface area contributed by atoms with Gasteiger partial charge in [0.2, 0.25) is 5.91 Å². The maximum atomic E-state index is 13.0. The minimum atomic E-state index is 0.190. The number of rotatable bonds is 4. The Kier molecular flexibility index (Phi) is 5.11. The summed E-state index contributed by atoms with van der Waals surface area (Å²) < 4.78 is 0. The number of hydrogen-bond donors (Lipinski definition) is 1. The standard InChI is InChI=1S/C17H32N2O/c1-13(2)19(12-14-7-6-10-18-11-14)16(20)15-8-5-9-17(15,3)4/h13-15,18H,5-12H2,1-4H3. The Morgan fingerprint density at radius 2 is 2.05 bits per heavy atom. The Morgan fingerprint density at radius 3 is 2.55 bits per heavy atom. The van der Waals surface area contributed by atoms with Crippen molar-refractivity contribution in [2.45, 2.75) is 65.8 Å². The fourth-order valence-electron chi connectivity index (χ4n) is 3.90. The minimum absolute atomic E-state index is 0.190. The lowest BCUT2D eigenvalue weighted by atomic mass is 9.80. The molecule has 1 aliphatic heterocycles. The first kappa shape index (κ1) is 15.8. The van der Waals surface area contributed by atoms with Crippen LogP contribution in [0.1, 0.15) is 59.8 Å². The number of hydrogen-bond acceptors (Lipinski definition) is 2. The van der Waals surface area contributed by atoms with Crippen LogP contribution in [0.25, 0.3) is 0 Å². The van der Waals surface area contributed by atoms with Gasteiger partial charge in [-0.3, -0.25) is 4.79 Å². The molecule has 1 N–H and O–H groups in total. The van der Waals surface area contributed by atoms with Gasteiger partial charge in [-0.25, -0.2) is 0 Å². The Bertz CT molecular complexity index is 332. The summed E-state index contributed by atoms with van der Waals surface area (Å²) in [7, 11) is 0. The highest BCUT2D eigenvalue weighted by atomic mass is 16.2. The van der Waals surface area contributed by atoms with Crippen LogP contribution >= 0.6 is 0 Å². The van der Waals surface area contributed by atoms with E-state index in [4.69, 9.17) is 0 Å². The largest absolute Gasteiger partial charge is 0.340 e. The first-order valence-corrected chi connectivity index (χ1v) is 8.43. The van der Waals surface area contributed by atoms with Crippen LogP contribution in [-0.4, -0.2) is 36.5 Å². The summed E-state index contributed by atoms with van der Waals surface area (Å²) in [6.45, 7) is 12.0. The molecule has 1 aliphatic carbocycles. The lowest BCUT2D eigenvalue weighted by Crippen LogP contribution is -2.48. The van der Waals surface area contributed by atoms with E-state index in [1.54, 1.807) is 0 Å². The van der Waals surface area contributed by atoms with Crippen LogP contribution in [0.4, 0.5) is 0 Å². The molecule has 1 heterocycles. The topological polar surface area (TPSA) is 32.3 Å². The maximum Gasteiger partial charge on any atom is 0.226 e. The zero-order valence-corrected chi connectivity index (χ0v) is 13.7. The zero-order chi connectivity index (χ0) is 14.8. The molecule has 1 saturated heterocycles. The van der Waals surface area contributed by atoms with E-state index in [-0.39, 0.29) is 11.3 Å². The van der Waals surface area contributed by atoms with Crippen molar-refractivity contribution in [2.75, 3.05) is 19.6 Å². The molecule has 0 aromatic heterocycles. The Labute approximate surface area is 124 Å². The second kappa shape index (κ2) is 6.46. The SMILES string of the molecule is CC(C)N(CC1CCCNC1)C(=O)C1CCCC1(C)C. The van der Waals surface area contributed by atoms with Crippen LogP contribution in [0.5, 0.6) is 0 Å². The number of amides is 1. The summed E-state index contributed by atoms with van der Waals surface area (Å²) in [5, 5.41) is 3.47. The highest BCUT2D eigenvalue weighted by Crippen LogP contribution is 2.43. The van der Waals surface area contributed by atoms with Crippen molar-refractivity contribution in [2.24, 2.45) is 17.3 Å². The van der Waals surface area contributed by atoms with Crippen LogP contribution in [0.2, 0.25) is 0 Å². The van der Waals surface area contributed by atoms with E-state index in [0.717, 1.165) is 26.1 Å². The second-order valence-corrected chi connectivity index (χ2v) is 7.73. The molecule has 0 aromatic carbocycles. The molecule has 2 rings (SSSR count). The predicted molar refractivity (Wildman–Crippen MR) is 83.6 cm³/mol. The zero-order valence-electron chi connectivity index (χ0n) is 13.7. The molecule has 1 amide bonds. The van der Waals surface area contributed by atoms with Gasteiger partial charge in [0.15, 0.2) is 0 Å². The third-order valence-corrected chi connectivity index (χ3v) is 5.32. The van der Waals surface area contributed by atoms with Gasteiger partial charge in [0.25, 0.3) is 0 Å². The summed E-state index contributed by atoms with van der Waals surface area (Å²) in [6.07, 6.45) is 6.00. The Morgan fingerprint density at radius 1 is 1.30 bits per heavy atom. The second-order valence-electron chi connectivity index (χ2n) is 7.73. The molecular weight excluding hydrogens is 248 g/mol. The summed E-state index contributed by atoms with van der Waals surface area (Å²) in [4.78, 5) is 15.1. The molecule has 2 atom stereocenters. The molecule has 116 valence electrons. The monoisotopic (exact) mass is 280 g/mol. The van der Waals surface area contributed by atoms with Gasteiger partial charge < -0.3 is 10.2 Å². The fourth-order valence-corrected chi connectivity index (χ4v) is 3.90. The maximum absolute atomic E-state index is 13.0. The molecule has 3 nitrogen and oxygen atoms in total. The van der Waals surface area contributed by atoms with E-state index >= 15 is 0 Å². The van der Waals surface area contributed by atoms with E-state index in [1.165, 1.54) is 25.7 Å². The summed E-state index contributed by atoms with van der Waals surface area (Å²) >= 11 is 0. The van der Waals surface area contributed by atoms with Crippen molar-refractivity contribution in [3.63, 3.8) is 0 Å². The molecular formula is C17H32N2O. The highest BCUT2D eigenvalue weighted by Gasteiger charge is 2.41. The molecule has 0 bridgehead atoms. The smallest absolute Gasteiger partial charge is 0.226 e. The van der Waals surface area contributed by atoms with Crippen LogP contribution in [0.3, 0.4) is 0 Å². The highest BCUT2D eigenvalue weighted by molar-refractivity contribution is 5.80. The molecule has 0 radical (unpaired) electrons. The molecule has 2 unspecified atom stereocenters. The first-order valence-electron chi connectivity index (χ1n) is 8.43. The van der Waals surface area contributed by atoms with Gasteiger partial charge in [-0.15, -0.1) is 0 Å². The lowest BCUT2D eigenvalue weighted by Gasteiger charge is -2.37. The van der Waals surface area contributed by atoms with Crippen molar-refractivity contribution < 1.29 is 4.79 Å². The molecule has 0 aromatic rings. The predicted octanol–water partition coefficient (Wildman–Crippen LogP) is 3.05. The quantitative estimate of drug-likeness (QED) is 0.858. The third kappa shape index (κ3) is 3.55. The van der Waals surface area contributed by atoms with Gasteiger partial charge in [0.1, 0.15) is 0 Å². The van der Waals surface area contributed by atoms with Crippen LogP contribution in [0, 0.1) is 17.3 Å². The van der Waals surface area contributed by atoms with E-state index < -0.39 is 0 Å². The van der Waals surface area contributed by atoms with Crippen LogP contribution < -0.4 is 5.32 Å². The molecule has 2 aliphatic rings. The van der Waals surface area contributed by atoms with Crippen molar-refractivity contribution in [3.8, 4) is 0 Å². The van der Waals surface area contributed by atoms with E-state index in [0.29, 0.717) is 17.9 Å². The van der Waals surface area contributed by atoms with Crippen molar-refractivity contribution in [3.05, 3.63) is 0 Å². The van der Waals surface area contributed by atoms with E-state index in [1.807, 2.05) is 0 Å². The molecule has 1 saturated carbocycles. The van der Waals surface area contributed by atoms with Crippen molar-refractivity contribution >= 4 is 5.91 Å². The van der Waals surface area contributed by atoms with E-state index in [2.05, 4.69) is 37.9 Å². The summed E-state index contributed by atoms with van der Waals surface area (Å²) in [5.74, 6) is 1.29. The van der Waals surface area contributed by atoms with Gasteiger partial charge in [0.05, 0.1) is 0 Å². The normalized spacial score (nSPS) is 29.6. The fraction of sp³-hybridized carbons (Fsp3) is 0.941. The molecule has 2 fully saturated rings. The minimum Gasteiger partial charge on any atom is -0.340 e. The first-order chi connectivity index (χ1) is 9.42. The van der Waals surface area contributed by atoms with Crippen molar-refractivity contribution in [1.29, 1.82) is 0 Å². The third-order valence-electron chi connectivity index (χ3n) is 5.32. The van der Waals surface area contributed by atoms with E-state index in [9.17, 15) is 4.79 Å². The van der Waals surface area contributed by atoms with Gasteiger partial charge in [-0.2, -0.15) is 0 Å². The van der Waals surface area contributed by atoms with Crippen LogP contribution in [-0.2, 0) is 4.79 Å². The number of carbonyl (C=O) groups is 1. The van der Waals surface area contributed by atoms with Gasteiger partial charge >= 0.3 is 0 Å². The van der Waals surface area contributed by atoms with Gasteiger partial charge in [-0.05, 0) is 64.0 Å². The van der Waals surface area contributed by atoms with Crippen molar-refractivity contribution in [1.82, 2.24) is 10.2 Å². The number of piperidine rings is 1. The lowest BCUT2D eigenvalue weighted by molar-refractivity contribution is -0.141. The summed E-state index contributed by atoms with van der Waals surface area (Å²) in [5.41, 5.74) is 0.190. The summed E-state index contributed by atoms with van der Waals surface area (Å²) in [6, 6.07) is 0.320.